The lowest BCUT2D eigenvalue weighted by Gasteiger charge is -2.08. The van der Waals surface area contributed by atoms with Crippen LogP contribution >= 0.6 is 0 Å². The average molecular weight is 233 g/mol. The van der Waals surface area contributed by atoms with E-state index in [-0.39, 0.29) is 24.8 Å². The number of hydrogen-bond donors (Lipinski definition) is 3. The van der Waals surface area contributed by atoms with Gasteiger partial charge in [-0.15, -0.1) is 6.42 Å². The number of aliphatic hydroxyl groups is 2. The smallest absolute Gasteiger partial charge is 0.208 e. The molecule has 0 radical (unpaired) electrons. The van der Waals surface area contributed by atoms with Crippen molar-refractivity contribution in [3.05, 3.63) is 12.2 Å². The van der Waals surface area contributed by atoms with Gasteiger partial charge in [0, 0.05) is 0 Å². The van der Waals surface area contributed by atoms with E-state index in [1.807, 2.05) is 0 Å². The molecule has 2 aromatic heterocycles. The molecule has 0 spiro atoms. The lowest BCUT2D eigenvalue weighted by molar-refractivity contribution is 0.0820. The molecule has 0 aliphatic heterocycles. The summed E-state index contributed by atoms with van der Waals surface area (Å²) in [5, 5.41) is 18.2. The van der Waals surface area contributed by atoms with E-state index < -0.39 is 6.10 Å². The molecule has 7 nitrogen and oxygen atoms in total. The highest BCUT2D eigenvalue weighted by molar-refractivity contribution is 5.81. The Hall–Kier alpha value is -2.17. The molecule has 17 heavy (non-hydrogen) atoms. The number of hydrogen-bond acceptors (Lipinski definition) is 6. The first-order valence-electron chi connectivity index (χ1n) is 4.89. The molecule has 1 atom stereocenters. The summed E-state index contributed by atoms with van der Waals surface area (Å²) in [5.41, 5.74) is 6.54. The third kappa shape index (κ3) is 2.04. The van der Waals surface area contributed by atoms with Crippen LogP contribution in [0.25, 0.3) is 11.2 Å². The zero-order valence-electron chi connectivity index (χ0n) is 8.91. The number of imidazole rings is 1. The molecule has 0 bridgehead atoms. The van der Waals surface area contributed by atoms with Gasteiger partial charge in [0.15, 0.2) is 11.5 Å². The van der Waals surface area contributed by atoms with Gasteiger partial charge in [-0.1, -0.05) is 0 Å². The van der Waals surface area contributed by atoms with Crippen LogP contribution in [0.5, 0.6) is 0 Å². The van der Waals surface area contributed by atoms with Gasteiger partial charge in [-0.3, -0.25) is 0 Å². The normalized spacial score (nSPS) is 12.5. The van der Waals surface area contributed by atoms with Gasteiger partial charge in [-0.05, 0) is 5.92 Å². The van der Waals surface area contributed by atoms with Gasteiger partial charge in [0.05, 0.1) is 25.6 Å². The lowest BCUT2D eigenvalue weighted by Crippen LogP contribution is -2.19. The minimum absolute atomic E-state index is 0.160. The first-order chi connectivity index (χ1) is 8.15. The number of nitrogens with two attached hydrogens (primary N) is 1. The molecule has 0 amide bonds. The second kappa shape index (κ2) is 4.37. The first-order valence-corrected chi connectivity index (χ1v) is 4.89. The lowest BCUT2D eigenvalue weighted by atomic mass is 10.3. The minimum atomic E-state index is -0.891. The van der Waals surface area contributed by atoms with Crippen LogP contribution in [0.2, 0.25) is 0 Å². The molecular formula is C10H11N5O2. The summed E-state index contributed by atoms with van der Waals surface area (Å²) in [6, 6.07) is 0. The maximum absolute atomic E-state index is 9.37. The summed E-state index contributed by atoms with van der Waals surface area (Å²) in [5.74, 6) is 2.65. The molecule has 2 aromatic rings. The average Bonchev–Trinajstić information content (AvgIpc) is 2.72. The molecular weight excluding hydrogens is 222 g/mol. The molecule has 0 aromatic carbocycles. The van der Waals surface area contributed by atoms with Gasteiger partial charge in [-0.25, -0.2) is 15.0 Å². The van der Waals surface area contributed by atoms with Crippen molar-refractivity contribution in [2.75, 3.05) is 12.3 Å². The highest BCUT2D eigenvalue weighted by Gasteiger charge is 2.12. The Morgan fingerprint density at radius 3 is 2.94 bits per heavy atom. The molecule has 0 saturated heterocycles. The molecule has 4 N–H and O–H groups in total. The molecule has 2 rings (SSSR count). The van der Waals surface area contributed by atoms with Crippen LogP contribution in [0.3, 0.4) is 0 Å². The van der Waals surface area contributed by atoms with Crippen LogP contribution in [-0.4, -0.2) is 42.4 Å². The summed E-state index contributed by atoms with van der Waals surface area (Å²) in [6.45, 7) is -0.185. The monoisotopic (exact) mass is 233 g/mol. The third-order valence-electron chi connectivity index (χ3n) is 2.24. The number of terminal acetylenes is 1. The first kappa shape index (κ1) is 11.3. The molecule has 88 valence electrons. The summed E-state index contributed by atoms with van der Waals surface area (Å²) >= 11 is 0. The highest BCUT2D eigenvalue weighted by Crippen LogP contribution is 2.16. The minimum Gasteiger partial charge on any atom is -0.394 e. The van der Waals surface area contributed by atoms with E-state index in [2.05, 4.69) is 20.9 Å². The fourth-order valence-electron chi connectivity index (χ4n) is 1.45. The van der Waals surface area contributed by atoms with Crippen molar-refractivity contribution in [3.8, 4) is 12.3 Å². The standard InChI is InChI=1S/C10H11N5O2/c1-2-7-13-9(11)8-10(14-7)15(5-12-8)3-6(17)4-16/h1,5-6,16-17H,3-4H2,(H2,11,13,14). The maximum Gasteiger partial charge on any atom is 0.208 e. The zero-order valence-corrected chi connectivity index (χ0v) is 8.91. The molecule has 0 aliphatic rings. The van der Waals surface area contributed by atoms with E-state index in [1.165, 1.54) is 6.33 Å². The van der Waals surface area contributed by atoms with E-state index in [4.69, 9.17) is 17.3 Å². The number of nitrogens with zero attached hydrogens (tertiary/aromatic N) is 4. The number of aliphatic hydroxyl groups excluding tert-OH is 2. The quantitative estimate of drug-likeness (QED) is 0.571. The largest absolute Gasteiger partial charge is 0.394 e. The van der Waals surface area contributed by atoms with E-state index in [0.29, 0.717) is 11.2 Å². The van der Waals surface area contributed by atoms with Crippen LogP contribution in [-0.2, 0) is 6.54 Å². The maximum atomic E-state index is 9.37. The van der Waals surface area contributed by atoms with E-state index >= 15 is 0 Å². The van der Waals surface area contributed by atoms with E-state index in [9.17, 15) is 5.11 Å². The number of nitrogen functional groups attached to an aromatic ring is 1. The van der Waals surface area contributed by atoms with Crippen LogP contribution in [0, 0.1) is 12.3 Å². The van der Waals surface area contributed by atoms with Crippen LogP contribution < -0.4 is 5.73 Å². The highest BCUT2D eigenvalue weighted by atomic mass is 16.3. The topological polar surface area (TPSA) is 110 Å². The molecule has 1 unspecified atom stereocenters. The molecule has 0 saturated carbocycles. The fourth-order valence-corrected chi connectivity index (χ4v) is 1.45. The predicted octanol–water partition coefficient (Wildman–Crippen LogP) is -1.26. The Morgan fingerprint density at radius 2 is 2.29 bits per heavy atom. The van der Waals surface area contributed by atoms with Crippen LogP contribution in [0.4, 0.5) is 5.82 Å². The Bertz CT molecular complexity index is 586. The van der Waals surface area contributed by atoms with E-state index in [0.717, 1.165) is 0 Å². The summed E-state index contributed by atoms with van der Waals surface area (Å²) in [7, 11) is 0. The van der Waals surface area contributed by atoms with Crippen molar-refractivity contribution in [2.24, 2.45) is 0 Å². The Kier molecular flexibility index (Phi) is 2.91. The van der Waals surface area contributed by atoms with Gasteiger partial charge < -0.3 is 20.5 Å². The van der Waals surface area contributed by atoms with Gasteiger partial charge in [-0.2, -0.15) is 0 Å². The van der Waals surface area contributed by atoms with Gasteiger partial charge >= 0.3 is 0 Å². The van der Waals surface area contributed by atoms with Crippen molar-refractivity contribution in [1.82, 2.24) is 19.5 Å². The summed E-state index contributed by atoms with van der Waals surface area (Å²) < 4.78 is 1.56. The number of anilines is 1. The predicted molar refractivity (Wildman–Crippen MR) is 60.8 cm³/mol. The van der Waals surface area contributed by atoms with Crippen LogP contribution in [0.15, 0.2) is 6.33 Å². The second-order valence-corrected chi connectivity index (χ2v) is 3.48. The fraction of sp³-hybridized carbons (Fsp3) is 0.300. The van der Waals surface area contributed by atoms with Crippen molar-refractivity contribution in [1.29, 1.82) is 0 Å². The van der Waals surface area contributed by atoms with Gasteiger partial charge in [0.2, 0.25) is 5.82 Å². The molecule has 0 aliphatic carbocycles. The van der Waals surface area contributed by atoms with Gasteiger partial charge in [0.1, 0.15) is 5.52 Å². The summed E-state index contributed by atoms with van der Waals surface area (Å²) in [4.78, 5) is 12.0. The second-order valence-electron chi connectivity index (χ2n) is 3.48. The summed E-state index contributed by atoms with van der Waals surface area (Å²) in [6.07, 6.45) is 5.78. The molecule has 0 fully saturated rings. The van der Waals surface area contributed by atoms with Crippen molar-refractivity contribution in [3.63, 3.8) is 0 Å². The Balaban J connectivity index is 2.52. The SMILES string of the molecule is C#Cc1nc(N)c2ncn(CC(O)CO)c2n1. The Morgan fingerprint density at radius 1 is 1.53 bits per heavy atom. The third-order valence-corrected chi connectivity index (χ3v) is 2.24. The Labute approximate surface area is 96.9 Å². The van der Waals surface area contributed by atoms with Crippen molar-refractivity contribution in [2.45, 2.75) is 12.6 Å². The van der Waals surface area contributed by atoms with E-state index in [1.54, 1.807) is 4.57 Å². The number of rotatable bonds is 3. The van der Waals surface area contributed by atoms with Crippen molar-refractivity contribution >= 4 is 17.0 Å². The molecule has 2 heterocycles. The number of fused-ring (bicyclic) bond motifs is 1. The van der Waals surface area contributed by atoms with Crippen molar-refractivity contribution < 1.29 is 10.2 Å². The molecule has 7 heteroatoms. The number of aromatic nitrogens is 4. The zero-order chi connectivity index (χ0) is 12.4. The van der Waals surface area contributed by atoms with Crippen LogP contribution in [0.1, 0.15) is 5.82 Å². The van der Waals surface area contributed by atoms with Gasteiger partial charge in [0.25, 0.3) is 0 Å².